The van der Waals surface area contributed by atoms with Gasteiger partial charge < -0.3 is 14.8 Å². The Morgan fingerprint density at radius 1 is 1.22 bits per heavy atom. The summed E-state index contributed by atoms with van der Waals surface area (Å²) in [7, 11) is -2.04. The highest BCUT2D eigenvalue weighted by atomic mass is 32.2. The second-order valence-electron chi connectivity index (χ2n) is 9.84. The maximum Gasteiger partial charge on any atom is 0.355 e. The summed E-state index contributed by atoms with van der Waals surface area (Å²) in [6.07, 6.45) is 7.39. The molecule has 11 nitrogen and oxygen atoms in total. The molecule has 1 aromatic heterocycles. The lowest BCUT2D eigenvalue weighted by molar-refractivity contribution is -0.0687. The van der Waals surface area contributed by atoms with Crippen LogP contribution >= 0.6 is 0 Å². The molecule has 2 atom stereocenters. The summed E-state index contributed by atoms with van der Waals surface area (Å²) in [5, 5.41) is 16.4. The third-order valence-corrected chi connectivity index (χ3v) is 9.44. The first-order valence-electron chi connectivity index (χ1n) is 12.5. The summed E-state index contributed by atoms with van der Waals surface area (Å²) in [5.41, 5.74) is 3.47. The standard InChI is InChI=1S/C24H28FN7O4S/c1-35-15-10-31(11-15)14-9-32-23(36-12-14)20(8-27-32)37(34,28-13-26)30-24(33)29-22-18-6-2-4-16(18)21(25)17-5-3-7-19(17)22/h8,14-15H,2-7,9-12H2,1H3,(H2,28,29,30,33,34)/t14-,37?/m1/s1. The molecular weight excluding hydrogens is 501 g/mol. The third kappa shape index (κ3) is 4.03. The zero-order chi connectivity index (χ0) is 25.7. The molecule has 2 amide bonds. The maximum absolute atomic E-state index is 15.0. The predicted octanol–water partition coefficient (Wildman–Crippen LogP) is 2.14. The number of likely N-dealkylation sites (tertiary alicyclic amines) is 1. The number of nitrogens with one attached hydrogen (secondary N) is 2. The molecule has 37 heavy (non-hydrogen) atoms. The molecule has 3 heterocycles. The Morgan fingerprint density at radius 3 is 2.54 bits per heavy atom. The van der Waals surface area contributed by atoms with Crippen LogP contribution in [-0.4, -0.2) is 63.9 Å². The van der Waals surface area contributed by atoms with Gasteiger partial charge in [0.1, 0.15) is 12.4 Å². The molecule has 0 saturated carbocycles. The Hall–Kier alpha value is -3.21. The van der Waals surface area contributed by atoms with E-state index < -0.39 is 15.9 Å². The van der Waals surface area contributed by atoms with Gasteiger partial charge >= 0.3 is 6.03 Å². The highest BCUT2D eigenvalue weighted by Crippen LogP contribution is 2.41. The first-order valence-corrected chi connectivity index (χ1v) is 14.0. The number of hydrogen-bond acceptors (Lipinski definition) is 7. The van der Waals surface area contributed by atoms with Gasteiger partial charge in [-0.1, -0.05) is 0 Å². The van der Waals surface area contributed by atoms with Crippen LogP contribution in [0.2, 0.25) is 0 Å². The van der Waals surface area contributed by atoms with Crippen LogP contribution in [-0.2, 0) is 46.9 Å². The fourth-order valence-corrected chi connectivity index (χ4v) is 7.11. The van der Waals surface area contributed by atoms with Crippen molar-refractivity contribution in [2.24, 2.45) is 4.36 Å². The van der Waals surface area contributed by atoms with E-state index >= 15 is 0 Å². The number of benzene rings is 1. The molecule has 1 fully saturated rings. The number of urea groups is 1. The number of carbonyl (C=O) groups is 1. The van der Waals surface area contributed by atoms with Crippen molar-refractivity contribution in [3.05, 3.63) is 34.3 Å². The van der Waals surface area contributed by atoms with Gasteiger partial charge in [-0.2, -0.15) is 10.4 Å². The summed E-state index contributed by atoms with van der Waals surface area (Å²) >= 11 is 0. The molecule has 0 spiro atoms. The molecule has 6 rings (SSSR count). The molecule has 2 aliphatic heterocycles. The minimum atomic E-state index is -3.73. The van der Waals surface area contributed by atoms with Gasteiger partial charge in [0.15, 0.2) is 21.0 Å². The van der Waals surface area contributed by atoms with Gasteiger partial charge in [0, 0.05) is 25.9 Å². The SMILES string of the molecule is COC1CN([C@H]2COc3c(S(=O)(=NC(=O)Nc4c5c(c(F)c6c4CCC6)CCC5)NC#N)cnn3C2)C1. The zero-order valence-electron chi connectivity index (χ0n) is 20.5. The molecule has 1 saturated heterocycles. The number of carbonyl (C=O) groups excluding carboxylic acids is 1. The molecule has 13 heteroatoms. The van der Waals surface area contributed by atoms with Gasteiger partial charge in [0.05, 0.1) is 24.9 Å². The second-order valence-corrected chi connectivity index (χ2v) is 11.7. The summed E-state index contributed by atoms with van der Waals surface area (Å²) in [5.74, 6) is 0.0655. The number of fused-ring (bicyclic) bond motifs is 3. The minimum Gasteiger partial charge on any atom is -0.475 e. The monoisotopic (exact) mass is 529 g/mol. The van der Waals surface area contributed by atoms with Crippen molar-refractivity contribution < 1.29 is 22.9 Å². The van der Waals surface area contributed by atoms with Gasteiger partial charge in [-0.25, -0.2) is 22.8 Å². The van der Waals surface area contributed by atoms with Gasteiger partial charge in [-0.05, 0) is 60.8 Å². The molecule has 2 aromatic rings. The molecule has 0 radical (unpaired) electrons. The number of rotatable bonds is 5. The van der Waals surface area contributed by atoms with Crippen LogP contribution in [0.25, 0.3) is 0 Å². The molecule has 1 unspecified atom stereocenters. The van der Waals surface area contributed by atoms with Crippen LogP contribution in [0.4, 0.5) is 14.9 Å². The highest BCUT2D eigenvalue weighted by molar-refractivity contribution is 7.92. The van der Waals surface area contributed by atoms with Crippen LogP contribution in [0, 0.1) is 17.3 Å². The lowest BCUT2D eigenvalue weighted by Crippen LogP contribution is -2.59. The quantitative estimate of drug-likeness (QED) is 0.448. The van der Waals surface area contributed by atoms with Crippen molar-refractivity contribution in [2.75, 3.05) is 32.1 Å². The molecular formula is C24H28FN7O4S. The minimum absolute atomic E-state index is 0.0376. The number of methoxy groups -OCH3 is 1. The van der Waals surface area contributed by atoms with E-state index in [0.717, 1.165) is 37.1 Å². The fourth-order valence-electron chi connectivity index (χ4n) is 5.86. The molecule has 2 aliphatic carbocycles. The van der Waals surface area contributed by atoms with E-state index in [9.17, 15) is 18.7 Å². The van der Waals surface area contributed by atoms with Crippen LogP contribution in [0.5, 0.6) is 5.88 Å². The van der Waals surface area contributed by atoms with E-state index in [1.807, 2.05) is 0 Å². The van der Waals surface area contributed by atoms with E-state index in [-0.39, 0.29) is 28.7 Å². The molecule has 1 aromatic carbocycles. The predicted molar refractivity (Wildman–Crippen MR) is 131 cm³/mol. The lowest BCUT2D eigenvalue weighted by atomic mass is 9.98. The van der Waals surface area contributed by atoms with Crippen LogP contribution < -0.4 is 14.8 Å². The Kier molecular flexibility index (Phi) is 6.05. The summed E-state index contributed by atoms with van der Waals surface area (Å²) < 4.78 is 47.8. The van der Waals surface area contributed by atoms with Crippen molar-refractivity contribution in [3.63, 3.8) is 0 Å². The van der Waals surface area contributed by atoms with E-state index in [2.05, 4.69) is 24.4 Å². The van der Waals surface area contributed by atoms with Crippen molar-refractivity contribution in [2.45, 2.75) is 62.1 Å². The van der Waals surface area contributed by atoms with Crippen LogP contribution in [0.15, 0.2) is 15.5 Å². The first-order chi connectivity index (χ1) is 17.9. The van der Waals surface area contributed by atoms with E-state index in [1.54, 1.807) is 18.0 Å². The number of aromatic nitrogens is 2. The number of anilines is 1. The van der Waals surface area contributed by atoms with Gasteiger partial charge in [0.2, 0.25) is 5.88 Å². The normalized spacial score (nSPS) is 22.0. The van der Waals surface area contributed by atoms with Crippen molar-refractivity contribution in [1.82, 2.24) is 19.4 Å². The number of amides is 2. The summed E-state index contributed by atoms with van der Waals surface area (Å²) in [4.78, 5) is 15.4. The third-order valence-electron chi connectivity index (χ3n) is 7.78. The smallest absolute Gasteiger partial charge is 0.355 e. The van der Waals surface area contributed by atoms with E-state index in [1.165, 1.54) is 6.20 Å². The first kappa shape index (κ1) is 24.1. The molecule has 2 N–H and O–H groups in total. The van der Waals surface area contributed by atoms with Crippen LogP contribution in [0.1, 0.15) is 35.1 Å². The van der Waals surface area contributed by atoms with Crippen molar-refractivity contribution in [1.29, 1.82) is 5.26 Å². The average molecular weight is 530 g/mol. The number of halogens is 1. The second kappa shape index (κ2) is 9.27. The number of nitriles is 1. The summed E-state index contributed by atoms with van der Waals surface area (Å²) in [6.45, 7) is 2.45. The Morgan fingerprint density at radius 2 is 1.89 bits per heavy atom. The summed E-state index contributed by atoms with van der Waals surface area (Å²) in [6, 6.07) is -0.795. The van der Waals surface area contributed by atoms with Gasteiger partial charge in [0.25, 0.3) is 0 Å². The van der Waals surface area contributed by atoms with Crippen LogP contribution in [0.3, 0.4) is 0 Å². The van der Waals surface area contributed by atoms with E-state index in [4.69, 9.17) is 9.47 Å². The molecule has 4 aliphatic rings. The Bertz CT molecular complexity index is 1400. The maximum atomic E-state index is 15.0. The molecule has 196 valence electrons. The number of nitrogens with zero attached hydrogens (tertiary/aromatic N) is 5. The average Bonchev–Trinajstić information content (AvgIpc) is 3.60. The lowest BCUT2D eigenvalue weighted by Gasteiger charge is -2.44. The van der Waals surface area contributed by atoms with Gasteiger partial charge in [-0.15, -0.1) is 4.36 Å². The van der Waals surface area contributed by atoms with E-state index in [0.29, 0.717) is 55.6 Å². The zero-order valence-corrected chi connectivity index (χ0v) is 21.3. The topological polar surface area (TPSA) is 134 Å². The fraction of sp³-hybridized carbons (Fsp3) is 0.542. The van der Waals surface area contributed by atoms with Crippen molar-refractivity contribution >= 4 is 21.6 Å². The number of hydrogen-bond donors (Lipinski definition) is 2. The largest absolute Gasteiger partial charge is 0.475 e. The Balaban J connectivity index is 1.29. The number of ether oxygens (including phenoxy) is 2. The van der Waals surface area contributed by atoms with Gasteiger partial charge in [-0.3, -0.25) is 4.90 Å². The molecule has 0 bridgehead atoms. The van der Waals surface area contributed by atoms with Crippen molar-refractivity contribution in [3.8, 4) is 12.1 Å². The highest BCUT2D eigenvalue weighted by Gasteiger charge is 2.37. The Labute approximate surface area is 214 Å².